The molecule has 0 saturated carbocycles. The van der Waals surface area contributed by atoms with Crippen molar-refractivity contribution in [3.63, 3.8) is 0 Å². The van der Waals surface area contributed by atoms with Crippen molar-refractivity contribution in [2.45, 2.75) is 13.5 Å². The van der Waals surface area contributed by atoms with E-state index in [2.05, 4.69) is 13.1 Å². The minimum atomic E-state index is -0.917. The van der Waals surface area contributed by atoms with Crippen molar-refractivity contribution in [1.29, 1.82) is 0 Å². The van der Waals surface area contributed by atoms with Crippen LogP contribution < -0.4 is 0 Å². The van der Waals surface area contributed by atoms with Gasteiger partial charge in [0.2, 0.25) is 0 Å². The third-order valence-electron chi connectivity index (χ3n) is 0.761. The molecule has 0 saturated heterocycles. The quantitative estimate of drug-likeness (QED) is 0.502. The van der Waals surface area contributed by atoms with Crippen LogP contribution in [0.15, 0.2) is 12.3 Å². The van der Waals surface area contributed by atoms with Gasteiger partial charge >= 0.3 is 0 Å². The first kappa shape index (κ1) is 6.92. The first-order chi connectivity index (χ1) is 3.31. The molecule has 0 radical (unpaired) electrons. The van der Waals surface area contributed by atoms with E-state index in [-0.39, 0.29) is 0 Å². The molecule has 1 nitrogen and oxygen atoms in total. The van der Waals surface area contributed by atoms with Crippen molar-refractivity contribution in [2.75, 3.05) is 6.61 Å². The number of rotatable bonds is 3. The Morgan fingerprint density at radius 1 is 1.86 bits per heavy atom. The van der Waals surface area contributed by atoms with Gasteiger partial charge in [0.1, 0.15) is 0 Å². The van der Waals surface area contributed by atoms with Crippen LogP contribution in [0.4, 0.5) is 0 Å². The van der Waals surface area contributed by atoms with E-state index in [1.54, 1.807) is 0 Å². The molecule has 0 aromatic heterocycles. The van der Waals surface area contributed by atoms with Crippen LogP contribution in [0, 0.1) is 0 Å². The van der Waals surface area contributed by atoms with Gasteiger partial charge < -0.3 is 4.43 Å². The van der Waals surface area contributed by atoms with Crippen molar-refractivity contribution in [3.05, 3.63) is 12.3 Å². The first-order valence-electron chi connectivity index (χ1n) is 2.55. The SMILES string of the molecule is C=C[SiH](C)OCC. The third-order valence-corrected chi connectivity index (χ3v) is 2.28. The Morgan fingerprint density at radius 2 is 2.43 bits per heavy atom. The fraction of sp³-hybridized carbons (Fsp3) is 0.600. The van der Waals surface area contributed by atoms with Gasteiger partial charge in [0.15, 0.2) is 9.04 Å². The zero-order chi connectivity index (χ0) is 5.70. The lowest BCUT2D eigenvalue weighted by atomic mass is 10.9. The molecule has 0 spiro atoms. The van der Waals surface area contributed by atoms with Gasteiger partial charge in [-0.25, -0.2) is 0 Å². The van der Waals surface area contributed by atoms with E-state index in [0.717, 1.165) is 6.61 Å². The molecule has 0 aliphatic rings. The van der Waals surface area contributed by atoms with Crippen molar-refractivity contribution < 1.29 is 4.43 Å². The molecule has 0 heterocycles. The molecular formula is C5H12OSi. The summed E-state index contributed by atoms with van der Waals surface area (Å²) in [6, 6.07) is 0. The molecule has 1 atom stereocenters. The van der Waals surface area contributed by atoms with E-state index in [1.807, 2.05) is 12.6 Å². The molecule has 1 unspecified atom stereocenters. The Balaban J connectivity index is 2.98. The summed E-state index contributed by atoms with van der Waals surface area (Å²) >= 11 is 0. The first-order valence-corrected chi connectivity index (χ1v) is 4.84. The Labute approximate surface area is 46.7 Å². The molecule has 42 valence electrons. The third kappa shape index (κ3) is 3.75. The van der Waals surface area contributed by atoms with E-state index in [4.69, 9.17) is 4.43 Å². The molecule has 2 heteroatoms. The zero-order valence-electron chi connectivity index (χ0n) is 4.98. The zero-order valence-corrected chi connectivity index (χ0v) is 6.13. The van der Waals surface area contributed by atoms with Crippen LogP contribution in [0.3, 0.4) is 0 Å². The predicted molar refractivity (Wildman–Crippen MR) is 34.8 cm³/mol. The highest BCUT2D eigenvalue weighted by atomic mass is 28.3. The van der Waals surface area contributed by atoms with Crippen LogP contribution in [0.1, 0.15) is 6.92 Å². The fourth-order valence-corrected chi connectivity index (χ4v) is 0.993. The maximum Gasteiger partial charge on any atom is 0.197 e. The maximum atomic E-state index is 5.21. The van der Waals surface area contributed by atoms with Gasteiger partial charge in [-0.05, 0) is 13.5 Å². The standard InChI is InChI=1S/C5H12OSi/c1-4-6-7(3)5-2/h5,7H,2,4H2,1,3H3. The van der Waals surface area contributed by atoms with Crippen LogP contribution in [0.2, 0.25) is 6.55 Å². The molecule has 7 heavy (non-hydrogen) atoms. The number of hydrogen-bond donors (Lipinski definition) is 0. The summed E-state index contributed by atoms with van der Waals surface area (Å²) in [5.41, 5.74) is 1.92. The Hall–Kier alpha value is -0.0831. The molecule has 0 amide bonds. The minimum Gasteiger partial charge on any atom is -0.417 e. The van der Waals surface area contributed by atoms with Crippen LogP contribution in [-0.4, -0.2) is 15.6 Å². The molecule has 0 rings (SSSR count). The summed E-state index contributed by atoms with van der Waals surface area (Å²) in [7, 11) is -0.917. The molecule has 0 aromatic carbocycles. The van der Waals surface area contributed by atoms with E-state index in [1.165, 1.54) is 0 Å². The van der Waals surface area contributed by atoms with Crippen LogP contribution in [0.25, 0.3) is 0 Å². The van der Waals surface area contributed by atoms with Crippen molar-refractivity contribution in [1.82, 2.24) is 0 Å². The van der Waals surface area contributed by atoms with Crippen molar-refractivity contribution in [2.24, 2.45) is 0 Å². The monoisotopic (exact) mass is 116 g/mol. The van der Waals surface area contributed by atoms with Gasteiger partial charge in [-0.15, -0.1) is 6.58 Å². The predicted octanol–water partition coefficient (Wildman–Crippen LogP) is 1.10. The molecule has 0 aliphatic heterocycles. The second kappa shape index (κ2) is 4.09. The molecule has 0 aromatic rings. The lowest BCUT2D eigenvalue weighted by molar-refractivity contribution is 0.353. The Kier molecular flexibility index (Phi) is 4.04. The van der Waals surface area contributed by atoms with E-state index < -0.39 is 9.04 Å². The van der Waals surface area contributed by atoms with Gasteiger partial charge in [-0.2, -0.15) is 0 Å². The second-order valence-electron chi connectivity index (χ2n) is 1.40. The summed E-state index contributed by atoms with van der Waals surface area (Å²) in [6.07, 6.45) is 0. The summed E-state index contributed by atoms with van der Waals surface area (Å²) in [4.78, 5) is 0. The summed E-state index contributed by atoms with van der Waals surface area (Å²) in [5.74, 6) is 0. The highest BCUT2D eigenvalue weighted by Crippen LogP contribution is 1.82. The molecule has 0 bridgehead atoms. The van der Waals surface area contributed by atoms with Crippen LogP contribution in [-0.2, 0) is 4.43 Å². The maximum absolute atomic E-state index is 5.21. The van der Waals surface area contributed by atoms with E-state index >= 15 is 0 Å². The van der Waals surface area contributed by atoms with E-state index in [9.17, 15) is 0 Å². The summed E-state index contributed by atoms with van der Waals surface area (Å²) < 4.78 is 5.21. The van der Waals surface area contributed by atoms with E-state index in [0.29, 0.717) is 0 Å². The molecule has 0 aliphatic carbocycles. The highest BCUT2D eigenvalue weighted by molar-refractivity contribution is 6.55. The average Bonchev–Trinajstić information content (AvgIpc) is 1.68. The summed E-state index contributed by atoms with van der Waals surface area (Å²) in [6.45, 7) is 8.56. The fourth-order valence-electron chi connectivity index (χ4n) is 0.331. The van der Waals surface area contributed by atoms with Gasteiger partial charge in [-0.3, -0.25) is 0 Å². The van der Waals surface area contributed by atoms with Gasteiger partial charge in [-0.1, -0.05) is 5.70 Å². The highest BCUT2D eigenvalue weighted by Gasteiger charge is 1.91. The minimum absolute atomic E-state index is 0.833. The summed E-state index contributed by atoms with van der Waals surface area (Å²) in [5, 5.41) is 0. The molecular weight excluding hydrogens is 104 g/mol. The van der Waals surface area contributed by atoms with Gasteiger partial charge in [0.05, 0.1) is 0 Å². The smallest absolute Gasteiger partial charge is 0.197 e. The van der Waals surface area contributed by atoms with Gasteiger partial charge in [0.25, 0.3) is 0 Å². The van der Waals surface area contributed by atoms with Crippen LogP contribution in [0.5, 0.6) is 0 Å². The average molecular weight is 116 g/mol. The largest absolute Gasteiger partial charge is 0.417 e. The second-order valence-corrected chi connectivity index (χ2v) is 3.61. The Morgan fingerprint density at radius 3 is 2.57 bits per heavy atom. The molecule has 0 fully saturated rings. The van der Waals surface area contributed by atoms with Gasteiger partial charge in [0, 0.05) is 6.61 Å². The van der Waals surface area contributed by atoms with Crippen molar-refractivity contribution in [3.8, 4) is 0 Å². The Bertz CT molecular complexity index is 54.0. The molecule has 0 N–H and O–H groups in total. The lowest BCUT2D eigenvalue weighted by Gasteiger charge is -2.00. The lowest BCUT2D eigenvalue weighted by Crippen LogP contribution is -2.08. The normalized spacial score (nSPS) is 13.4. The number of hydrogen-bond acceptors (Lipinski definition) is 1. The van der Waals surface area contributed by atoms with Crippen molar-refractivity contribution >= 4 is 9.04 Å². The topological polar surface area (TPSA) is 9.23 Å². The van der Waals surface area contributed by atoms with Crippen LogP contribution >= 0.6 is 0 Å².